The monoisotopic (exact) mass is 172 g/mol. The van der Waals surface area contributed by atoms with Gasteiger partial charge in [0.25, 0.3) is 0 Å². The van der Waals surface area contributed by atoms with Gasteiger partial charge in [0.1, 0.15) is 5.82 Å². The van der Waals surface area contributed by atoms with E-state index in [0.29, 0.717) is 10.7 Å². The summed E-state index contributed by atoms with van der Waals surface area (Å²) in [5, 5.41) is 0. The summed E-state index contributed by atoms with van der Waals surface area (Å²) in [5.74, 6) is 0.404. The van der Waals surface area contributed by atoms with Crippen LogP contribution in [0.4, 0.5) is 5.82 Å². The predicted molar refractivity (Wildman–Crippen MR) is 42.1 cm³/mol. The fourth-order valence-corrected chi connectivity index (χ4v) is 1.10. The van der Waals surface area contributed by atoms with E-state index < -0.39 is 11.1 Å². The Balaban J connectivity index is 2.90. The minimum atomic E-state index is -1.42. The molecule has 1 unspecified atom stereocenters. The van der Waals surface area contributed by atoms with E-state index in [2.05, 4.69) is 9.17 Å². The second kappa shape index (κ2) is 3.45. The van der Waals surface area contributed by atoms with Gasteiger partial charge in [-0.25, -0.2) is 9.19 Å². The Morgan fingerprint density at radius 1 is 1.64 bits per heavy atom. The molecule has 0 saturated carbocycles. The van der Waals surface area contributed by atoms with Crippen molar-refractivity contribution in [1.82, 2.24) is 4.98 Å². The average Bonchev–Trinajstić information content (AvgIpc) is 2.05. The average molecular weight is 172 g/mol. The van der Waals surface area contributed by atoms with Crippen molar-refractivity contribution in [2.45, 2.75) is 4.90 Å². The largest absolute Gasteiger partial charge is 0.384 e. The van der Waals surface area contributed by atoms with Crippen LogP contribution in [0, 0.1) is 0 Å². The van der Waals surface area contributed by atoms with Crippen LogP contribution in [0.5, 0.6) is 0 Å². The van der Waals surface area contributed by atoms with E-state index in [1.807, 2.05) is 0 Å². The predicted octanol–water partition coefficient (Wildman–Crippen LogP) is 0.333. The van der Waals surface area contributed by atoms with Crippen LogP contribution in [-0.2, 0) is 15.3 Å². The molecule has 1 rings (SSSR count). The van der Waals surface area contributed by atoms with Gasteiger partial charge in [-0.3, -0.25) is 4.18 Å². The third-order valence-electron chi connectivity index (χ3n) is 1.10. The molecule has 11 heavy (non-hydrogen) atoms. The van der Waals surface area contributed by atoms with E-state index in [1.54, 1.807) is 12.1 Å². The fraction of sp³-hybridized carbons (Fsp3) is 0.167. The second-order valence-corrected chi connectivity index (χ2v) is 3.09. The van der Waals surface area contributed by atoms with Crippen LogP contribution in [0.3, 0.4) is 0 Å². The summed E-state index contributed by atoms with van der Waals surface area (Å²) >= 11 is -1.42. The summed E-state index contributed by atoms with van der Waals surface area (Å²) < 4.78 is 15.5. The number of nitrogens with two attached hydrogens (primary N) is 1. The number of nitrogen functional groups attached to an aromatic ring is 1. The molecule has 1 heterocycles. The lowest BCUT2D eigenvalue weighted by Gasteiger charge is -1.96. The number of anilines is 1. The zero-order valence-corrected chi connectivity index (χ0v) is 6.80. The molecule has 60 valence electrons. The molecule has 1 aromatic rings. The number of hydrogen-bond donors (Lipinski definition) is 1. The molecule has 4 nitrogen and oxygen atoms in total. The van der Waals surface area contributed by atoms with Gasteiger partial charge >= 0.3 is 0 Å². The Hall–Kier alpha value is -0.940. The third kappa shape index (κ3) is 1.99. The molecule has 0 aliphatic carbocycles. The topological polar surface area (TPSA) is 65.2 Å². The van der Waals surface area contributed by atoms with Gasteiger partial charge in [0, 0.05) is 6.20 Å². The maximum absolute atomic E-state index is 10.9. The van der Waals surface area contributed by atoms with Crippen molar-refractivity contribution in [3.8, 4) is 0 Å². The molecule has 0 amide bonds. The minimum absolute atomic E-state index is 0.404. The molecule has 2 N–H and O–H groups in total. The van der Waals surface area contributed by atoms with Crippen LogP contribution < -0.4 is 5.73 Å². The van der Waals surface area contributed by atoms with Gasteiger partial charge in [-0.15, -0.1) is 0 Å². The van der Waals surface area contributed by atoms with Crippen molar-refractivity contribution < 1.29 is 8.39 Å². The molecule has 1 aromatic heterocycles. The van der Waals surface area contributed by atoms with Crippen molar-refractivity contribution in [1.29, 1.82) is 0 Å². The highest BCUT2D eigenvalue weighted by molar-refractivity contribution is 7.80. The number of aromatic nitrogens is 1. The van der Waals surface area contributed by atoms with Crippen LogP contribution in [0.25, 0.3) is 0 Å². The SMILES string of the molecule is COS(=O)c1ccc(N)nc1. The Morgan fingerprint density at radius 3 is 2.82 bits per heavy atom. The summed E-state index contributed by atoms with van der Waals surface area (Å²) in [4.78, 5) is 4.27. The zero-order chi connectivity index (χ0) is 8.27. The van der Waals surface area contributed by atoms with Gasteiger partial charge in [-0.05, 0) is 12.1 Å². The molecule has 0 fully saturated rings. The smallest absolute Gasteiger partial charge is 0.190 e. The van der Waals surface area contributed by atoms with Gasteiger partial charge < -0.3 is 5.73 Å². The van der Waals surface area contributed by atoms with E-state index in [9.17, 15) is 4.21 Å². The van der Waals surface area contributed by atoms with Crippen molar-refractivity contribution in [2.24, 2.45) is 0 Å². The molecule has 0 aromatic carbocycles. The first-order valence-corrected chi connectivity index (χ1v) is 3.99. The van der Waals surface area contributed by atoms with E-state index >= 15 is 0 Å². The summed E-state index contributed by atoms with van der Waals surface area (Å²) in [6, 6.07) is 3.19. The number of nitrogens with zero attached hydrogens (tertiary/aromatic N) is 1. The Labute approximate surface area is 67.1 Å². The molecular weight excluding hydrogens is 164 g/mol. The van der Waals surface area contributed by atoms with Gasteiger partial charge in [0.2, 0.25) is 0 Å². The lowest BCUT2D eigenvalue weighted by molar-refractivity contribution is 0.445. The quantitative estimate of drug-likeness (QED) is 0.698. The fourth-order valence-electron chi connectivity index (χ4n) is 0.587. The van der Waals surface area contributed by atoms with Crippen LogP contribution in [0.1, 0.15) is 0 Å². The summed E-state index contributed by atoms with van der Waals surface area (Å²) in [6.07, 6.45) is 1.43. The number of rotatable bonds is 2. The standard InChI is InChI=1S/C6H8N2O2S/c1-10-11(9)5-2-3-6(7)8-4-5/h2-4H,1H3,(H2,7,8). The van der Waals surface area contributed by atoms with Gasteiger partial charge in [-0.1, -0.05) is 0 Å². The lowest BCUT2D eigenvalue weighted by Crippen LogP contribution is -1.95. The second-order valence-electron chi connectivity index (χ2n) is 1.82. The van der Waals surface area contributed by atoms with E-state index in [1.165, 1.54) is 13.3 Å². The molecular formula is C6H8N2O2S. The molecule has 0 aliphatic rings. The van der Waals surface area contributed by atoms with Crippen LogP contribution in [0.15, 0.2) is 23.2 Å². The van der Waals surface area contributed by atoms with Crippen LogP contribution in [-0.4, -0.2) is 16.3 Å². The van der Waals surface area contributed by atoms with Crippen molar-refractivity contribution >= 4 is 16.9 Å². The van der Waals surface area contributed by atoms with Gasteiger partial charge in [0.15, 0.2) is 11.1 Å². The molecule has 0 spiro atoms. The first kappa shape index (κ1) is 8.16. The molecule has 0 saturated heterocycles. The van der Waals surface area contributed by atoms with Gasteiger partial charge in [0.05, 0.1) is 12.0 Å². The van der Waals surface area contributed by atoms with Crippen molar-refractivity contribution in [3.63, 3.8) is 0 Å². The minimum Gasteiger partial charge on any atom is -0.384 e. The van der Waals surface area contributed by atoms with E-state index in [-0.39, 0.29) is 0 Å². The molecule has 0 bridgehead atoms. The van der Waals surface area contributed by atoms with Crippen LogP contribution in [0.2, 0.25) is 0 Å². The Morgan fingerprint density at radius 2 is 2.36 bits per heavy atom. The van der Waals surface area contributed by atoms with Crippen molar-refractivity contribution in [2.75, 3.05) is 12.8 Å². The van der Waals surface area contributed by atoms with Gasteiger partial charge in [-0.2, -0.15) is 0 Å². The highest BCUT2D eigenvalue weighted by Crippen LogP contribution is 2.06. The molecule has 1 atom stereocenters. The maximum atomic E-state index is 10.9. The molecule has 0 radical (unpaired) electrons. The zero-order valence-electron chi connectivity index (χ0n) is 5.98. The highest BCUT2D eigenvalue weighted by Gasteiger charge is 2.00. The molecule has 0 aliphatic heterocycles. The summed E-state index contributed by atoms with van der Waals surface area (Å²) in [6.45, 7) is 0. The number of hydrogen-bond acceptors (Lipinski definition) is 4. The van der Waals surface area contributed by atoms with E-state index in [0.717, 1.165) is 0 Å². The molecule has 5 heteroatoms. The summed E-state index contributed by atoms with van der Waals surface area (Å²) in [5.41, 5.74) is 5.32. The Bertz CT molecular complexity index is 260. The summed E-state index contributed by atoms with van der Waals surface area (Å²) in [7, 11) is 1.37. The number of pyridine rings is 1. The highest BCUT2D eigenvalue weighted by atomic mass is 32.2. The lowest BCUT2D eigenvalue weighted by atomic mass is 10.5. The maximum Gasteiger partial charge on any atom is 0.190 e. The van der Waals surface area contributed by atoms with E-state index in [4.69, 9.17) is 5.73 Å². The Kier molecular flexibility index (Phi) is 2.56. The normalized spacial score (nSPS) is 12.8. The van der Waals surface area contributed by atoms with Crippen LogP contribution >= 0.6 is 0 Å². The van der Waals surface area contributed by atoms with Crippen molar-refractivity contribution in [3.05, 3.63) is 18.3 Å². The third-order valence-corrected chi connectivity index (χ3v) is 2.03. The first-order valence-electron chi connectivity index (χ1n) is 2.92. The first-order chi connectivity index (χ1) is 5.24.